The Kier molecular flexibility index (Phi) is 4.08. The molecular formula is C22H24N2O. The molecule has 1 aliphatic heterocycles. The van der Waals surface area contributed by atoms with Crippen molar-refractivity contribution in [3.63, 3.8) is 0 Å². The van der Waals surface area contributed by atoms with Crippen molar-refractivity contribution >= 4 is 16.8 Å². The first-order chi connectivity index (χ1) is 12.1. The number of hydrogen-bond donors (Lipinski definition) is 0. The molecule has 1 fully saturated rings. The lowest BCUT2D eigenvalue weighted by molar-refractivity contribution is -0.129. The number of para-hydroxylation sites is 1. The first-order valence-corrected chi connectivity index (χ1v) is 9.00. The summed E-state index contributed by atoms with van der Waals surface area (Å²) < 4.78 is 2.29. The lowest BCUT2D eigenvalue weighted by Crippen LogP contribution is -2.30. The Bertz CT molecular complexity index is 925. The standard InChI is InChI=1S/C22H24N2O/c1-16-7-3-4-8-17(16)14-22(25)24-12-11-19(15-24)21-13-18-9-5-6-10-20(18)23(21)2/h3-10,13,19H,11-12,14-15H2,1-2H3. The molecule has 2 aromatic carbocycles. The highest BCUT2D eigenvalue weighted by Crippen LogP contribution is 2.31. The van der Waals surface area contributed by atoms with E-state index < -0.39 is 0 Å². The molecule has 0 bridgehead atoms. The third-order valence-corrected chi connectivity index (χ3v) is 5.55. The second-order valence-corrected chi connectivity index (χ2v) is 7.12. The van der Waals surface area contributed by atoms with Gasteiger partial charge in [-0.3, -0.25) is 4.79 Å². The molecule has 1 saturated heterocycles. The number of aromatic nitrogens is 1. The highest BCUT2D eigenvalue weighted by Gasteiger charge is 2.29. The Labute approximate surface area is 148 Å². The number of fused-ring (bicyclic) bond motifs is 1. The van der Waals surface area contributed by atoms with E-state index >= 15 is 0 Å². The third kappa shape index (κ3) is 2.95. The molecule has 0 N–H and O–H groups in total. The maximum absolute atomic E-state index is 12.7. The zero-order valence-electron chi connectivity index (χ0n) is 14.9. The molecule has 1 unspecified atom stereocenters. The number of benzene rings is 2. The van der Waals surface area contributed by atoms with Gasteiger partial charge in [-0.05, 0) is 42.0 Å². The van der Waals surface area contributed by atoms with Crippen LogP contribution in [0.15, 0.2) is 54.6 Å². The topological polar surface area (TPSA) is 25.2 Å². The van der Waals surface area contributed by atoms with Crippen molar-refractivity contribution in [2.24, 2.45) is 7.05 Å². The zero-order valence-corrected chi connectivity index (χ0v) is 14.9. The normalized spacial score (nSPS) is 17.4. The number of hydrogen-bond acceptors (Lipinski definition) is 1. The predicted molar refractivity (Wildman–Crippen MR) is 102 cm³/mol. The number of likely N-dealkylation sites (tertiary alicyclic amines) is 1. The van der Waals surface area contributed by atoms with Crippen LogP contribution in [0, 0.1) is 6.92 Å². The van der Waals surface area contributed by atoms with Gasteiger partial charge in [-0.25, -0.2) is 0 Å². The van der Waals surface area contributed by atoms with E-state index in [1.807, 2.05) is 17.0 Å². The van der Waals surface area contributed by atoms with Crippen molar-refractivity contribution in [2.75, 3.05) is 13.1 Å². The minimum Gasteiger partial charge on any atom is -0.347 e. The van der Waals surface area contributed by atoms with Gasteiger partial charge in [-0.1, -0.05) is 42.5 Å². The van der Waals surface area contributed by atoms with E-state index in [4.69, 9.17) is 0 Å². The number of rotatable bonds is 3. The Morgan fingerprint density at radius 1 is 1.12 bits per heavy atom. The number of amides is 1. The molecule has 25 heavy (non-hydrogen) atoms. The van der Waals surface area contributed by atoms with Crippen LogP contribution < -0.4 is 0 Å². The fraction of sp³-hybridized carbons (Fsp3) is 0.318. The van der Waals surface area contributed by atoms with Crippen LogP contribution in [-0.2, 0) is 18.3 Å². The lowest BCUT2D eigenvalue weighted by Gasteiger charge is -2.18. The molecule has 1 aliphatic rings. The van der Waals surface area contributed by atoms with E-state index in [0.29, 0.717) is 12.3 Å². The summed E-state index contributed by atoms with van der Waals surface area (Å²) in [6, 6.07) is 18.9. The van der Waals surface area contributed by atoms with Crippen LogP contribution in [0.1, 0.15) is 29.2 Å². The SMILES string of the molecule is Cc1ccccc1CC(=O)N1CCC(c2cc3ccccc3n2C)C1. The summed E-state index contributed by atoms with van der Waals surface area (Å²) in [7, 11) is 2.13. The van der Waals surface area contributed by atoms with Crippen molar-refractivity contribution < 1.29 is 4.79 Å². The fourth-order valence-electron chi connectivity index (χ4n) is 4.01. The first-order valence-electron chi connectivity index (χ1n) is 9.00. The highest BCUT2D eigenvalue weighted by molar-refractivity contribution is 5.82. The van der Waals surface area contributed by atoms with Crippen LogP contribution in [-0.4, -0.2) is 28.5 Å². The van der Waals surface area contributed by atoms with Crippen LogP contribution in [0.25, 0.3) is 10.9 Å². The highest BCUT2D eigenvalue weighted by atomic mass is 16.2. The smallest absolute Gasteiger partial charge is 0.227 e. The maximum Gasteiger partial charge on any atom is 0.227 e. The molecule has 0 aliphatic carbocycles. The molecular weight excluding hydrogens is 308 g/mol. The molecule has 1 amide bonds. The zero-order chi connectivity index (χ0) is 17.4. The minimum absolute atomic E-state index is 0.246. The van der Waals surface area contributed by atoms with Crippen LogP contribution in [0.3, 0.4) is 0 Å². The summed E-state index contributed by atoms with van der Waals surface area (Å²) in [5.74, 6) is 0.675. The molecule has 3 heteroatoms. The average Bonchev–Trinajstić information content (AvgIpc) is 3.22. The van der Waals surface area contributed by atoms with E-state index in [1.54, 1.807) is 0 Å². The molecule has 1 atom stereocenters. The summed E-state index contributed by atoms with van der Waals surface area (Å²) >= 11 is 0. The van der Waals surface area contributed by atoms with Gasteiger partial charge in [0.05, 0.1) is 6.42 Å². The molecule has 3 aromatic rings. The van der Waals surface area contributed by atoms with Gasteiger partial charge in [0.25, 0.3) is 0 Å². The summed E-state index contributed by atoms with van der Waals surface area (Å²) in [6.45, 7) is 3.76. The second-order valence-electron chi connectivity index (χ2n) is 7.12. The van der Waals surface area contributed by atoms with E-state index in [0.717, 1.165) is 25.1 Å². The second kappa shape index (κ2) is 6.40. The Hall–Kier alpha value is -2.55. The molecule has 2 heterocycles. The van der Waals surface area contributed by atoms with Gasteiger partial charge in [0, 0.05) is 37.3 Å². The van der Waals surface area contributed by atoms with Crippen molar-refractivity contribution in [3.8, 4) is 0 Å². The first kappa shape index (κ1) is 15.9. The van der Waals surface area contributed by atoms with Crippen molar-refractivity contribution in [1.29, 1.82) is 0 Å². The molecule has 0 saturated carbocycles. The Balaban J connectivity index is 1.50. The summed E-state index contributed by atoms with van der Waals surface area (Å²) in [5.41, 5.74) is 4.94. The van der Waals surface area contributed by atoms with Gasteiger partial charge in [0.15, 0.2) is 0 Å². The molecule has 0 spiro atoms. The van der Waals surface area contributed by atoms with Gasteiger partial charge < -0.3 is 9.47 Å². The van der Waals surface area contributed by atoms with E-state index in [-0.39, 0.29) is 5.91 Å². The quantitative estimate of drug-likeness (QED) is 0.710. The van der Waals surface area contributed by atoms with Crippen LogP contribution >= 0.6 is 0 Å². The number of nitrogens with zero attached hydrogens (tertiary/aromatic N) is 2. The van der Waals surface area contributed by atoms with Gasteiger partial charge in [-0.2, -0.15) is 0 Å². The van der Waals surface area contributed by atoms with Gasteiger partial charge in [0.2, 0.25) is 5.91 Å². The summed E-state index contributed by atoms with van der Waals surface area (Å²) in [5, 5.41) is 1.28. The van der Waals surface area contributed by atoms with Crippen molar-refractivity contribution in [3.05, 3.63) is 71.4 Å². The van der Waals surface area contributed by atoms with Crippen LogP contribution in [0.2, 0.25) is 0 Å². The number of carbonyl (C=O) groups is 1. The lowest BCUT2D eigenvalue weighted by atomic mass is 10.0. The van der Waals surface area contributed by atoms with E-state index in [9.17, 15) is 4.79 Å². The largest absolute Gasteiger partial charge is 0.347 e. The predicted octanol–water partition coefficient (Wildman–Crippen LogP) is 4.05. The number of aryl methyl sites for hydroxylation is 2. The average molecular weight is 332 g/mol. The Morgan fingerprint density at radius 3 is 2.68 bits per heavy atom. The summed E-state index contributed by atoms with van der Waals surface area (Å²) in [6.07, 6.45) is 1.55. The molecule has 128 valence electrons. The van der Waals surface area contributed by atoms with E-state index in [1.165, 1.54) is 22.2 Å². The molecule has 1 aromatic heterocycles. The van der Waals surface area contributed by atoms with Gasteiger partial charge >= 0.3 is 0 Å². The van der Waals surface area contributed by atoms with Crippen LogP contribution in [0.5, 0.6) is 0 Å². The Morgan fingerprint density at radius 2 is 1.88 bits per heavy atom. The number of carbonyl (C=O) groups excluding carboxylic acids is 1. The summed E-state index contributed by atoms with van der Waals surface area (Å²) in [4.78, 5) is 14.8. The molecule has 4 rings (SSSR count). The van der Waals surface area contributed by atoms with Crippen LogP contribution in [0.4, 0.5) is 0 Å². The monoisotopic (exact) mass is 332 g/mol. The van der Waals surface area contributed by atoms with Crippen molar-refractivity contribution in [1.82, 2.24) is 9.47 Å². The minimum atomic E-state index is 0.246. The van der Waals surface area contributed by atoms with Gasteiger partial charge in [0.1, 0.15) is 0 Å². The van der Waals surface area contributed by atoms with Crippen molar-refractivity contribution in [2.45, 2.75) is 25.7 Å². The third-order valence-electron chi connectivity index (χ3n) is 5.55. The maximum atomic E-state index is 12.7. The van der Waals surface area contributed by atoms with Gasteiger partial charge in [-0.15, -0.1) is 0 Å². The fourth-order valence-corrected chi connectivity index (χ4v) is 4.01. The molecule has 3 nitrogen and oxygen atoms in total. The molecule has 0 radical (unpaired) electrons. The van der Waals surface area contributed by atoms with E-state index in [2.05, 4.69) is 61.0 Å².